The molecule has 0 unspecified atom stereocenters. The fraction of sp³-hybridized carbons (Fsp3) is 0.130. The molecule has 3 aromatic rings. The van der Waals surface area contributed by atoms with E-state index in [2.05, 4.69) is 21.9 Å². The van der Waals surface area contributed by atoms with Gasteiger partial charge in [0.15, 0.2) is 0 Å². The van der Waals surface area contributed by atoms with Crippen molar-refractivity contribution in [3.8, 4) is 11.1 Å². The number of aromatic nitrogens is 2. The number of fused-ring (bicyclic) bond motifs is 1. The molecule has 0 aliphatic carbocycles. The molecule has 1 aliphatic heterocycles. The van der Waals surface area contributed by atoms with Gasteiger partial charge in [-0.2, -0.15) is 0 Å². The topological polar surface area (TPSA) is 75.2 Å². The Morgan fingerprint density at radius 1 is 1.07 bits per heavy atom. The molecule has 29 heavy (non-hydrogen) atoms. The van der Waals surface area contributed by atoms with Crippen LogP contribution < -0.4 is 10.2 Å². The Hall–Kier alpha value is -3.80. The van der Waals surface area contributed by atoms with Crippen LogP contribution in [0.25, 0.3) is 11.1 Å². The molecule has 2 amide bonds. The Kier molecular flexibility index (Phi) is 5.16. The molecule has 0 saturated carbocycles. The van der Waals surface area contributed by atoms with Gasteiger partial charge in [-0.25, -0.2) is 9.97 Å². The number of amides is 2. The van der Waals surface area contributed by atoms with Crippen molar-refractivity contribution in [2.75, 3.05) is 16.8 Å². The summed E-state index contributed by atoms with van der Waals surface area (Å²) >= 11 is 0. The molecule has 1 aromatic heterocycles. The normalized spacial score (nSPS) is 12.8. The van der Waals surface area contributed by atoms with E-state index >= 15 is 0 Å². The zero-order chi connectivity index (χ0) is 20.2. The third-order valence-electron chi connectivity index (χ3n) is 4.95. The Labute approximate surface area is 168 Å². The lowest BCUT2D eigenvalue weighted by Crippen LogP contribution is -2.35. The summed E-state index contributed by atoms with van der Waals surface area (Å²) in [6.07, 6.45) is 7.80. The van der Waals surface area contributed by atoms with E-state index in [1.54, 1.807) is 29.4 Å². The molecule has 144 valence electrons. The average molecular weight is 384 g/mol. The number of carbonyl (C=O) groups is 2. The van der Waals surface area contributed by atoms with Crippen LogP contribution in [0.3, 0.4) is 0 Å². The van der Waals surface area contributed by atoms with Gasteiger partial charge in [0.2, 0.25) is 5.91 Å². The summed E-state index contributed by atoms with van der Waals surface area (Å²) in [4.78, 5) is 34.9. The second kappa shape index (κ2) is 8.06. The first-order valence-corrected chi connectivity index (χ1v) is 9.40. The zero-order valence-electron chi connectivity index (χ0n) is 15.8. The number of nitrogens with one attached hydrogen (secondary N) is 1. The number of anilines is 2. The Morgan fingerprint density at radius 3 is 2.66 bits per heavy atom. The fourth-order valence-corrected chi connectivity index (χ4v) is 3.60. The highest BCUT2D eigenvalue weighted by molar-refractivity contribution is 6.08. The maximum Gasteiger partial charge on any atom is 0.256 e. The molecular formula is C23H20N4O2. The van der Waals surface area contributed by atoms with Gasteiger partial charge in [0, 0.05) is 41.4 Å². The number of hydrogen-bond acceptors (Lipinski definition) is 4. The van der Waals surface area contributed by atoms with Crippen LogP contribution in [-0.4, -0.2) is 28.3 Å². The first kappa shape index (κ1) is 18.6. The van der Waals surface area contributed by atoms with E-state index in [4.69, 9.17) is 0 Å². The zero-order valence-corrected chi connectivity index (χ0v) is 15.8. The van der Waals surface area contributed by atoms with Gasteiger partial charge < -0.3 is 10.2 Å². The standard InChI is InChI=1S/C23H20N4O2/c1-2-22(28)27-11-5-9-19-20(8-4-10-21(19)27)23(29)26-18-7-3-6-16(12-18)17-13-24-15-25-14-17/h2-4,6-8,10,12-15H,1,5,9,11H2,(H,26,29). The molecule has 2 aromatic carbocycles. The van der Waals surface area contributed by atoms with Gasteiger partial charge in [0.1, 0.15) is 6.33 Å². The van der Waals surface area contributed by atoms with Gasteiger partial charge in [-0.3, -0.25) is 9.59 Å². The lowest BCUT2D eigenvalue weighted by molar-refractivity contribution is -0.114. The van der Waals surface area contributed by atoms with Gasteiger partial charge in [-0.15, -0.1) is 0 Å². The average Bonchev–Trinajstić information content (AvgIpc) is 2.78. The number of rotatable bonds is 4. The van der Waals surface area contributed by atoms with Crippen LogP contribution in [0.5, 0.6) is 0 Å². The molecule has 0 spiro atoms. The lowest BCUT2D eigenvalue weighted by Gasteiger charge is -2.29. The Balaban J connectivity index is 1.62. The number of nitrogens with zero attached hydrogens (tertiary/aromatic N) is 3. The van der Waals surface area contributed by atoms with Crippen molar-refractivity contribution in [3.05, 3.63) is 85.0 Å². The maximum absolute atomic E-state index is 13.0. The van der Waals surface area contributed by atoms with Crippen LogP contribution in [-0.2, 0) is 11.2 Å². The minimum Gasteiger partial charge on any atom is -0.322 e. The summed E-state index contributed by atoms with van der Waals surface area (Å²) in [5, 5.41) is 2.97. The molecule has 0 atom stereocenters. The Morgan fingerprint density at radius 2 is 1.86 bits per heavy atom. The Bertz CT molecular complexity index is 1080. The van der Waals surface area contributed by atoms with Crippen LogP contribution in [0.15, 0.2) is 73.8 Å². The predicted octanol–water partition coefficient (Wildman–Crippen LogP) is 3.86. The van der Waals surface area contributed by atoms with Crippen LogP contribution in [0.4, 0.5) is 11.4 Å². The number of hydrogen-bond donors (Lipinski definition) is 1. The molecule has 6 nitrogen and oxygen atoms in total. The monoisotopic (exact) mass is 384 g/mol. The minimum atomic E-state index is -0.198. The molecule has 1 aliphatic rings. The third kappa shape index (κ3) is 3.78. The van der Waals surface area contributed by atoms with Crippen molar-refractivity contribution in [3.63, 3.8) is 0 Å². The fourth-order valence-electron chi connectivity index (χ4n) is 3.60. The van der Waals surface area contributed by atoms with E-state index in [1.807, 2.05) is 30.3 Å². The van der Waals surface area contributed by atoms with Crippen LogP contribution in [0, 0.1) is 0 Å². The number of benzene rings is 2. The molecule has 0 bridgehead atoms. The van der Waals surface area contributed by atoms with Crippen molar-refractivity contribution in [2.45, 2.75) is 12.8 Å². The summed E-state index contributed by atoms with van der Waals surface area (Å²) in [7, 11) is 0. The van der Waals surface area contributed by atoms with E-state index in [0.29, 0.717) is 17.8 Å². The van der Waals surface area contributed by atoms with E-state index < -0.39 is 0 Å². The second-order valence-corrected chi connectivity index (χ2v) is 6.76. The van der Waals surface area contributed by atoms with Crippen molar-refractivity contribution < 1.29 is 9.59 Å². The van der Waals surface area contributed by atoms with Gasteiger partial charge in [0.05, 0.1) is 0 Å². The molecule has 1 N–H and O–H groups in total. The SMILES string of the molecule is C=CC(=O)N1CCCc2c(C(=O)Nc3cccc(-c4cncnc4)c3)cccc21. The molecule has 0 saturated heterocycles. The quantitative estimate of drug-likeness (QED) is 0.693. The summed E-state index contributed by atoms with van der Waals surface area (Å²) < 4.78 is 0. The highest BCUT2D eigenvalue weighted by Gasteiger charge is 2.24. The highest BCUT2D eigenvalue weighted by Crippen LogP contribution is 2.31. The molecule has 2 heterocycles. The smallest absolute Gasteiger partial charge is 0.256 e. The van der Waals surface area contributed by atoms with Crippen molar-refractivity contribution in [1.29, 1.82) is 0 Å². The van der Waals surface area contributed by atoms with Gasteiger partial charge >= 0.3 is 0 Å². The van der Waals surface area contributed by atoms with E-state index in [9.17, 15) is 9.59 Å². The molecule has 4 rings (SSSR count). The summed E-state index contributed by atoms with van der Waals surface area (Å²) in [5.41, 5.74) is 4.73. The maximum atomic E-state index is 13.0. The van der Waals surface area contributed by atoms with Crippen LogP contribution in [0.1, 0.15) is 22.3 Å². The highest BCUT2D eigenvalue weighted by atomic mass is 16.2. The summed E-state index contributed by atoms with van der Waals surface area (Å²) in [6, 6.07) is 13.0. The summed E-state index contributed by atoms with van der Waals surface area (Å²) in [5.74, 6) is -0.350. The van der Waals surface area contributed by atoms with Crippen molar-refractivity contribution >= 4 is 23.2 Å². The lowest BCUT2D eigenvalue weighted by atomic mass is 9.95. The van der Waals surface area contributed by atoms with Gasteiger partial charge in [-0.1, -0.05) is 24.8 Å². The van der Waals surface area contributed by atoms with Gasteiger partial charge in [0.25, 0.3) is 5.91 Å². The molecule has 6 heteroatoms. The molecule has 0 radical (unpaired) electrons. The summed E-state index contributed by atoms with van der Waals surface area (Å²) in [6.45, 7) is 4.21. The van der Waals surface area contributed by atoms with Crippen LogP contribution >= 0.6 is 0 Å². The first-order chi connectivity index (χ1) is 14.2. The largest absolute Gasteiger partial charge is 0.322 e. The molecular weight excluding hydrogens is 364 g/mol. The van der Waals surface area contributed by atoms with Crippen LogP contribution in [0.2, 0.25) is 0 Å². The van der Waals surface area contributed by atoms with Crippen molar-refractivity contribution in [1.82, 2.24) is 9.97 Å². The van der Waals surface area contributed by atoms with Gasteiger partial charge in [-0.05, 0) is 54.3 Å². The first-order valence-electron chi connectivity index (χ1n) is 9.40. The van der Waals surface area contributed by atoms with E-state index in [1.165, 1.54) is 12.4 Å². The predicted molar refractivity (Wildman–Crippen MR) is 113 cm³/mol. The second-order valence-electron chi connectivity index (χ2n) is 6.76. The molecule has 0 fully saturated rings. The number of carbonyl (C=O) groups excluding carboxylic acids is 2. The third-order valence-corrected chi connectivity index (χ3v) is 4.95. The minimum absolute atomic E-state index is 0.152. The van der Waals surface area contributed by atoms with E-state index in [-0.39, 0.29) is 11.8 Å². The van der Waals surface area contributed by atoms with E-state index in [0.717, 1.165) is 35.2 Å². The van der Waals surface area contributed by atoms with Crippen molar-refractivity contribution in [2.24, 2.45) is 0 Å².